The molecule has 2 heteroatoms. The van der Waals surface area contributed by atoms with Crippen molar-refractivity contribution < 1.29 is 9.53 Å². The minimum atomic E-state index is -0.101. The quantitative estimate of drug-likeness (QED) is 0.517. The lowest BCUT2D eigenvalue weighted by Crippen LogP contribution is -2.17. The molecule has 1 rings (SSSR count). The maximum absolute atomic E-state index is 10.6. The van der Waals surface area contributed by atoms with E-state index in [1.807, 2.05) is 6.92 Å². The van der Waals surface area contributed by atoms with Crippen LogP contribution in [0.2, 0.25) is 0 Å². The zero-order valence-electron chi connectivity index (χ0n) is 6.43. The van der Waals surface area contributed by atoms with E-state index >= 15 is 0 Å². The third kappa shape index (κ3) is 1.81. The normalized spacial score (nSPS) is 34.9. The molecule has 0 amide bonds. The summed E-state index contributed by atoms with van der Waals surface area (Å²) in [6.45, 7) is 3.58. The van der Waals surface area contributed by atoms with Crippen molar-refractivity contribution in [3.8, 4) is 0 Å². The van der Waals surface area contributed by atoms with E-state index in [1.165, 1.54) is 0 Å². The largest absolute Gasteiger partial charge is 0.381 e. The minimum absolute atomic E-state index is 0.101. The van der Waals surface area contributed by atoms with Gasteiger partial charge in [0.1, 0.15) is 6.29 Å². The molecule has 1 saturated heterocycles. The first-order valence-electron chi connectivity index (χ1n) is 3.81. The molecule has 2 nitrogen and oxygen atoms in total. The standard InChI is InChI=1S/C8H14O2/c1-8(7-9)3-2-5-10-6-4-8/h7H,2-6H2,1H3. The molecule has 0 aliphatic carbocycles. The predicted molar refractivity (Wildman–Crippen MR) is 38.8 cm³/mol. The first-order valence-corrected chi connectivity index (χ1v) is 3.81. The number of aldehydes is 1. The molecule has 1 heterocycles. The van der Waals surface area contributed by atoms with E-state index in [0.29, 0.717) is 0 Å². The maximum atomic E-state index is 10.6. The number of carbonyl (C=O) groups excluding carboxylic acids is 1. The Morgan fingerprint density at radius 2 is 2.20 bits per heavy atom. The fourth-order valence-electron chi connectivity index (χ4n) is 1.23. The molecule has 0 radical (unpaired) electrons. The third-order valence-electron chi connectivity index (χ3n) is 2.14. The number of ether oxygens (including phenoxy) is 1. The lowest BCUT2D eigenvalue weighted by molar-refractivity contribution is -0.116. The summed E-state index contributed by atoms with van der Waals surface area (Å²) in [6, 6.07) is 0. The maximum Gasteiger partial charge on any atom is 0.125 e. The first kappa shape index (κ1) is 7.73. The van der Waals surface area contributed by atoms with Crippen molar-refractivity contribution in [2.75, 3.05) is 13.2 Å². The van der Waals surface area contributed by atoms with Crippen LogP contribution in [0.3, 0.4) is 0 Å². The fourth-order valence-corrected chi connectivity index (χ4v) is 1.23. The second kappa shape index (κ2) is 3.15. The fraction of sp³-hybridized carbons (Fsp3) is 0.875. The molecule has 0 N–H and O–H groups in total. The Labute approximate surface area is 61.6 Å². The zero-order chi connectivity index (χ0) is 7.45. The number of rotatable bonds is 1. The molecule has 1 aliphatic heterocycles. The van der Waals surface area contributed by atoms with Crippen LogP contribution in [0, 0.1) is 5.41 Å². The highest BCUT2D eigenvalue weighted by Gasteiger charge is 2.24. The monoisotopic (exact) mass is 142 g/mol. The molecular weight excluding hydrogens is 128 g/mol. The molecule has 0 aromatic heterocycles. The van der Waals surface area contributed by atoms with Crippen molar-refractivity contribution in [2.45, 2.75) is 26.2 Å². The van der Waals surface area contributed by atoms with E-state index in [9.17, 15) is 4.79 Å². The van der Waals surface area contributed by atoms with Gasteiger partial charge in [-0.1, -0.05) is 6.92 Å². The molecule has 0 spiro atoms. The molecule has 58 valence electrons. The lowest BCUT2D eigenvalue weighted by Gasteiger charge is -2.18. The molecule has 1 atom stereocenters. The minimum Gasteiger partial charge on any atom is -0.381 e. The van der Waals surface area contributed by atoms with E-state index in [0.717, 1.165) is 38.8 Å². The smallest absolute Gasteiger partial charge is 0.125 e. The van der Waals surface area contributed by atoms with Gasteiger partial charge in [-0.3, -0.25) is 0 Å². The van der Waals surface area contributed by atoms with Crippen LogP contribution in [0.1, 0.15) is 26.2 Å². The van der Waals surface area contributed by atoms with E-state index in [2.05, 4.69) is 0 Å². The topological polar surface area (TPSA) is 26.3 Å². The molecule has 0 aromatic rings. The van der Waals surface area contributed by atoms with Gasteiger partial charge in [0.05, 0.1) is 0 Å². The van der Waals surface area contributed by atoms with Crippen molar-refractivity contribution in [3.05, 3.63) is 0 Å². The van der Waals surface area contributed by atoms with Crippen LogP contribution in [0.5, 0.6) is 0 Å². The summed E-state index contributed by atoms with van der Waals surface area (Å²) in [5.41, 5.74) is -0.101. The van der Waals surface area contributed by atoms with Gasteiger partial charge in [-0.15, -0.1) is 0 Å². The van der Waals surface area contributed by atoms with E-state index in [4.69, 9.17) is 4.74 Å². The highest BCUT2D eigenvalue weighted by molar-refractivity contribution is 5.58. The van der Waals surface area contributed by atoms with Crippen molar-refractivity contribution in [1.82, 2.24) is 0 Å². The predicted octanol–water partition coefficient (Wildman–Crippen LogP) is 1.39. The first-order chi connectivity index (χ1) is 4.77. The molecule has 1 unspecified atom stereocenters. The van der Waals surface area contributed by atoms with Crippen molar-refractivity contribution in [3.63, 3.8) is 0 Å². The highest BCUT2D eigenvalue weighted by atomic mass is 16.5. The Kier molecular flexibility index (Phi) is 2.44. The SMILES string of the molecule is CC1(C=O)CCCOCC1. The number of hydrogen-bond acceptors (Lipinski definition) is 2. The van der Waals surface area contributed by atoms with Gasteiger partial charge in [0, 0.05) is 18.6 Å². The second-order valence-electron chi connectivity index (χ2n) is 3.24. The summed E-state index contributed by atoms with van der Waals surface area (Å²) in [4.78, 5) is 10.6. The molecule has 0 aromatic carbocycles. The van der Waals surface area contributed by atoms with Crippen molar-refractivity contribution >= 4 is 6.29 Å². The molecule has 0 bridgehead atoms. The van der Waals surface area contributed by atoms with Gasteiger partial charge < -0.3 is 9.53 Å². The van der Waals surface area contributed by atoms with Crippen LogP contribution in [0.15, 0.2) is 0 Å². The van der Waals surface area contributed by atoms with Gasteiger partial charge in [-0.2, -0.15) is 0 Å². The third-order valence-corrected chi connectivity index (χ3v) is 2.14. The van der Waals surface area contributed by atoms with Crippen LogP contribution < -0.4 is 0 Å². The number of hydrogen-bond donors (Lipinski definition) is 0. The zero-order valence-corrected chi connectivity index (χ0v) is 6.43. The Bertz CT molecular complexity index is 112. The van der Waals surface area contributed by atoms with Crippen LogP contribution >= 0.6 is 0 Å². The summed E-state index contributed by atoms with van der Waals surface area (Å²) in [6.07, 6.45) is 3.96. The summed E-state index contributed by atoms with van der Waals surface area (Å²) >= 11 is 0. The van der Waals surface area contributed by atoms with Gasteiger partial charge >= 0.3 is 0 Å². The summed E-state index contributed by atoms with van der Waals surface area (Å²) < 4.78 is 5.23. The summed E-state index contributed by atoms with van der Waals surface area (Å²) in [5.74, 6) is 0. The van der Waals surface area contributed by atoms with E-state index in [-0.39, 0.29) is 5.41 Å². The summed E-state index contributed by atoms with van der Waals surface area (Å²) in [5, 5.41) is 0. The summed E-state index contributed by atoms with van der Waals surface area (Å²) in [7, 11) is 0. The average Bonchev–Trinajstić information content (AvgIpc) is 2.15. The second-order valence-corrected chi connectivity index (χ2v) is 3.24. The van der Waals surface area contributed by atoms with Crippen LogP contribution in [0.4, 0.5) is 0 Å². The lowest BCUT2D eigenvalue weighted by atomic mass is 9.85. The Morgan fingerprint density at radius 3 is 2.90 bits per heavy atom. The van der Waals surface area contributed by atoms with Gasteiger partial charge in [0.25, 0.3) is 0 Å². The van der Waals surface area contributed by atoms with Gasteiger partial charge in [0.15, 0.2) is 0 Å². The Hall–Kier alpha value is -0.370. The van der Waals surface area contributed by atoms with Gasteiger partial charge in [0.2, 0.25) is 0 Å². The molecule has 10 heavy (non-hydrogen) atoms. The molecule has 1 fully saturated rings. The average molecular weight is 142 g/mol. The van der Waals surface area contributed by atoms with E-state index in [1.54, 1.807) is 0 Å². The highest BCUT2D eigenvalue weighted by Crippen LogP contribution is 2.26. The Morgan fingerprint density at radius 1 is 1.40 bits per heavy atom. The van der Waals surface area contributed by atoms with Gasteiger partial charge in [-0.05, 0) is 19.3 Å². The number of carbonyl (C=O) groups is 1. The van der Waals surface area contributed by atoms with Crippen molar-refractivity contribution in [2.24, 2.45) is 5.41 Å². The molecule has 0 saturated carbocycles. The van der Waals surface area contributed by atoms with Crippen LogP contribution in [-0.4, -0.2) is 19.5 Å². The van der Waals surface area contributed by atoms with Crippen LogP contribution in [0.25, 0.3) is 0 Å². The molecular formula is C8H14O2. The van der Waals surface area contributed by atoms with E-state index < -0.39 is 0 Å². The van der Waals surface area contributed by atoms with Crippen LogP contribution in [-0.2, 0) is 9.53 Å². The molecule has 1 aliphatic rings. The van der Waals surface area contributed by atoms with Gasteiger partial charge in [-0.25, -0.2) is 0 Å². The van der Waals surface area contributed by atoms with Crippen molar-refractivity contribution in [1.29, 1.82) is 0 Å². The Balaban J connectivity index is 2.48.